The Bertz CT molecular complexity index is 1430. The molecule has 0 aliphatic rings. The maximum Gasteiger partial charge on any atom is 0.297 e. The van der Waals surface area contributed by atoms with Crippen molar-refractivity contribution in [1.82, 2.24) is 19.7 Å². The predicted molar refractivity (Wildman–Crippen MR) is 129 cm³/mol. The number of hydrogen-bond acceptors (Lipinski definition) is 8. The summed E-state index contributed by atoms with van der Waals surface area (Å²) >= 11 is 0. The van der Waals surface area contributed by atoms with Crippen LogP contribution in [0.25, 0.3) is 10.9 Å². The van der Waals surface area contributed by atoms with Gasteiger partial charge in [0.1, 0.15) is 5.82 Å². The topological polar surface area (TPSA) is 102 Å². The lowest BCUT2D eigenvalue weighted by Gasteiger charge is -2.19. The van der Waals surface area contributed by atoms with Crippen molar-refractivity contribution >= 4 is 44.2 Å². The van der Waals surface area contributed by atoms with Crippen LogP contribution >= 0.6 is 0 Å². The van der Waals surface area contributed by atoms with Crippen LogP contribution in [0.3, 0.4) is 0 Å². The molecule has 172 valence electrons. The molecule has 9 nitrogen and oxygen atoms in total. The van der Waals surface area contributed by atoms with Crippen molar-refractivity contribution in [1.29, 1.82) is 0 Å². The number of nitrogens with one attached hydrogen (secondary N) is 1. The zero-order chi connectivity index (χ0) is 23.8. The molecule has 2 aromatic carbocycles. The van der Waals surface area contributed by atoms with Gasteiger partial charge in [0.2, 0.25) is 5.95 Å². The maximum atomic E-state index is 12.4. The van der Waals surface area contributed by atoms with E-state index in [1.807, 2.05) is 42.7 Å². The Morgan fingerprint density at radius 3 is 2.67 bits per heavy atom. The fourth-order valence-corrected chi connectivity index (χ4v) is 4.72. The van der Waals surface area contributed by atoms with Crippen molar-refractivity contribution in [2.45, 2.75) is 25.7 Å². The SMILES string of the molecule is CCOS(=O)(=O)c1cc(Nc2nccc(N(C)c3ccc4c(C)n(C)nc4c3)n2)ccc1C. The molecule has 10 heteroatoms. The summed E-state index contributed by atoms with van der Waals surface area (Å²) < 4.78 is 31.6. The van der Waals surface area contributed by atoms with E-state index in [0.717, 1.165) is 22.3 Å². The van der Waals surface area contributed by atoms with Gasteiger partial charge < -0.3 is 10.2 Å². The first-order chi connectivity index (χ1) is 15.7. The highest BCUT2D eigenvalue weighted by molar-refractivity contribution is 7.86. The number of nitrogens with zero attached hydrogens (tertiary/aromatic N) is 5. The van der Waals surface area contributed by atoms with E-state index >= 15 is 0 Å². The van der Waals surface area contributed by atoms with Crippen LogP contribution in [0.5, 0.6) is 0 Å². The molecule has 33 heavy (non-hydrogen) atoms. The molecule has 1 N–H and O–H groups in total. The first-order valence-electron chi connectivity index (χ1n) is 10.5. The minimum absolute atomic E-state index is 0.0702. The molecule has 0 bridgehead atoms. The molecule has 4 rings (SSSR count). The van der Waals surface area contributed by atoms with Crippen LogP contribution in [0.4, 0.5) is 23.1 Å². The summed E-state index contributed by atoms with van der Waals surface area (Å²) in [7, 11) is 0.0166. The number of anilines is 4. The molecule has 0 saturated carbocycles. The van der Waals surface area contributed by atoms with E-state index in [9.17, 15) is 8.42 Å². The third-order valence-corrected chi connectivity index (χ3v) is 7.00. The minimum Gasteiger partial charge on any atom is -0.329 e. The van der Waals surface area contributed by atoms with Crippen molar-refractivity contribution in [2.24, 2.45) is 7.05 Å². The quantitative estimate of drug-likeness (QED) is 0.404. The molecule has 0 fully saturated rings. The molecule has 2 heterocycles. The molecule has 0 atom stereocenters. The van der Waals surface area contributed by atoms with Gasteiger partial charge >= 0.3 is 0 Å². The van der Waals surface area contributed by atoms with Crippen molar-refractivity contribution in [3.8, 4) is 0 Å². The Morgan fingerprint density at radius 2 is 1.91 bits per heavy atom. The second kappa shape index (κ2) is 8.80. The highest BCUT2D eigenvalue weighted by atomic mass is 32.2. The van der Waals surface area contributed by atoms with Crippen LogP contribution in [-0.2, 0) is 21.3 Å². The molecule has 0 aliphatic carbocycles. The third kappa shape index (κ3) is 4.53. The molecule has 0 amide bonds. The number of aryl methyl sites for hydroxylation is 3. The number of hydrogen-bond donors (Lipinski definition) is 1. The van der Waals surface area contributed by atoms with Crippen molar-refractivity contribution in [3.05, 3.63) is 59.9 Å². The van der Waals surface area contributed by atoms with Crippen LogP contribution in [0.1, 0.15) is 18.2 Å². The smallest absolute Gasteiger partial charge is 0.297 e. The molecular weight excluding hydrogens is 440 g/mol. The minimum atomic E-state index is -3.83. The summed E-state index contributed by atoms with van der Waals surface area (Å²) in [6.07, 6.45) is 1.65. The second-order valence-electron chi connectivity index (χ2n) is 7.67. The lowest BCUT2D eigenvalue weighted by atomic mass is 10.2. The Hall–Kier alpha value is -3.50. The lowest BCUT2D eigenvalue weighted by molar-refractivity contribution is 0.338. The normalized spacial score (nSPS) is 11.7. The van der Waals surface area contributed by atoms with Gasteiger partial charge in [-0.25, -0.2) is 4.98 Å². The van der Waals surface area contributed by atoms with Gasteiger partial charge in [0, 0.05) is 42.7 Å². The highest BCUT2D eigenvalue weighted by Gasteiger charge is 2.18. The van der Waals surface area contributed by atoms with Gasteiger partial charge in [-0.05, 0) is 62.7 Å². The molecule has 0 saturated heterocycles. The summed E-state index contributed by atoms with van der Waals surface area (Å²) in [6.45, 7) is 5.47. The van der Waals surface area contributed by atoms with Crippen LogP contribution in [0.15, 0.2) is 53.6 Å². The van der Waals surface area contributed by atoms with Crippen LogP contribution in [0.2, 0.25) is 0 Å². The van der Waals surface area contributed by atoms with Gasteiger partial charge in [-0.2, -0.15) is 18.5 Å². The van der Waals surface area contributed by atoms with E-state index in [1.54, 1.807) is 38.2 Å². The molecule has 0 aliphatic heterocycles. The highest BCUT2D eigenvalue weighted by Crippen LogP contribution is 2.28. The molecule has 0 unspecified atom stereocenters. The number of aromatic nitrogens is 4. The number of benzene rings is 2. The largest absolute Gasteiger partial charge is 0.329 e. The fourth-order valence-electron chi connectivity index (χ4n) is 3.55. The molecule has 0 radical (unpaired) electrons. The van der Waals surface area contributed by atoms with Gasteiger partial charge in [0.15, 0.2) is 0 Å². The molecule has 2 aromatic heterocycles. The Balaban J connectivity index is 1.61. The molecule has 4 aromatic rings. The second-order valence-corrected chi connectivity index (χ2v) is 9.26. The van der Waals surface area contributed by atoms with Crippen molar-refractivity contribution in [3.63, 3.8) is 0 Å². The van der Waals surface area contributed by atoms with Gasteiger partial charge in [-0.1, -0.05) is 6.07 Å². The van der Waals surface area contributed by atoms with E-state index in [2.05, 4.69) is 26.4 Å². The maximum absolute atomic E-state index is 12.4. The molecule has 0 spiro atoms. The summed E-state index contributed by atoms with van der Waals surface area (Å²) in [5.74, 6) is 1.02. The molecular formula is C23H26N6O3S. The number of fused-ring (bicyclic) bond motifs is 1. The van der Waals surface area contributed by atoms with Crippen molar-refractivity contribution in [2.75, 3.05) is 23.9 Å². The van der Waals surface area contributed by atoms with Gasteiger partial charge in [0.05, 0.1) is 17.0 Å². The zero-order valence-corrected chi connectivity index (χ0v) is 20.0. The Kier molecular flexibility index (Phi) is 6.05. The average molecular weight is 467 g/mol. The monoisotopic (exact) mass is 466 g/mol. The summed E-state index contributed by atoms with van der Waals surface area (Å²) in [6, 6.07) is 12.9. The predicted octanol–water partition coefficient (Wildman–Crippen LogP) is 4.22. The summed E-state index contributed by atoms with van der Waals surface area (Å²) in [5.41, 5.74) is 4.10. The Morgan fingerprint density at radius 1 is 1.12 bits per heavy atom. The van der Waals surface area contributed by atoms with Crippen molar-refractivity contribution < 1.29 is 12.6 Å². The van der Waals surface area contributed by atoms with Gasteiger partial charge in [0.25, 0.3) is 10.1 Å². The van der Waals surface area contributed by atoms with E-state index in [-0.39, 0.29) is 11.5 Å². The first-order valence-corrected chi connectivity index (χ1v) is 11.9. The Labute approximate surface area is 193 Å². The van der Waals surface area contributed by atoms with E-state index in [4.69, 9.17) is 4.18 Å². The first kappa shape index (κ1) is 22.7. The number of rotatable bonds is 7. The summed E-state index contributed by atoms with van der Waals surface area (Å²) in [5, 5.41) is 8.75. The summed E-state index contributed by atoms with van der Waals surface area (Å²) in [4.78, 5) is 10.9. The standard InChI is InChI=1S/C23H26N6O3S/c1-6-32-33(30,31)21-13-17(8-7-15(21)2)25-23-24-12-11-22(26-23)28(4)18-9-10-19-16(3)29(5)27-20(19)14-18/h7-14H,6H2,1-5H3,(H,24,25,26). The fraction of sp³-hybridized carbons (Fsp3) is 0.261. The van der Waals surface area contributed by atoms with Gasteiger partial charge in [-0.15, -0.1) is 0 Å². The lowest BCUT2D eigenvalue weighted by Crippen LogP contribution is -2.12. The van der Waals surface area contributed by atoms with E-state index < -0.39 is 10.1 Å². The van der Waals surface area contributed by atoms with Gasteiger partial charge in [-0.3, -0.25) is 8.86 Å². The van der Waals surface area contributed by atoms with Crippen LogP contribution in [0, 0.1) is 13.8 Å². The van der Waals surface area contributed by atoms with Crippen LogP contribution < -0.4 is 10.2 Å². The third-order valence-electron chi connectivity index (χ3n) is 5.47. The van der Waals surface area contributed by atoms with Crippen LogP contribution in [-0.4, -0.2) is 41.8 Å². The zero-order valence-electron chi connectivity index (χ0n) is 19.2. The van der Waals surface area contributed by atoms with E-state index in [0.29, 0.717) is 23.0 Å². The van der Waals surface area contributed by atoms with E-state index in [1.165, 1.54) is 6.07 Å². The average Bonchev–Trinajstić information content (AvgIpc) is 3.07.